The minimum atomic E-state index is -0.404. The molecule has 7 heteroatoms. The van der Waals surface area contributed by atoms with Gasteiger partial charge in [0.25, 0.3) is 0 Å². The van der Waals surface area contributed by atoms with E-state index in [0.717, 1.165) is 57.8 Å². The lowest BCUT2D eigenvalue weighted by molar-refractivity contribution is -0.121. The van der Waals surface area contributed by atoms with Gasteiger partial charge in [-0.15, -0.1) is 0 Å². The summed E-state index contributed by atoms with van der Waals surface area (Å²) in [6, 6.07) is 5.71. The first kappa shape index (κ1) is 20.5. The van der Waals surface area contributed by atoms with Crippen LogP contribution >= 0.6 is 0 Å². The number of rotatable bonds is 6. The number of nitriles is 1. The monoisotopic (exact) mass is 390 g/mol. The van der Waals surface area contributed by atoms with Gasteiger partial charge in [-0.05, 0) is 56.7 Å². The van der Waals surface area contributed by atoms with Gasteiger partial charge in [-0.1, -0.05) is 0 Å². The number of nitrogens with zero attached hydrogens (tertiary/aromatic N) is 3. The van der Waals surface area contributed by atoms with Crippen molar-refractivity contribution in [3.63, 3.8) is 0 Å². The molecule has 0 bridgehead atoms. The van der Waals surface area contributed by atoms with Crippen LogP contribution in [0.15, 0.2) is 18.2 Å². The minimum absolute atomic E-state index is 0.0641. The van der Waals surface area contributed by atoms with Crippen LogP contribution in [0.25, 0.3) is 0 Å². The van der Waals surface area contributed by atoms with Gasteiger partial charge >= 0.3 is 0 Å². The summed E-state index contributed by atoms with van der Waals surface area (Å²) in [7, 11) is 0. The lowest BCUT2D eigenvalue weighted by Crippen LogP contribution is -2.47. The van der Waals surface area contributed by atoms with E-state index in [2.05, 4.69) is 10.2 Å². The van der Waals surface area contributed by atoms with Gasteiger partial charge in [-0.2, -0.15) is 5.26 Å². The molecule has 1 saturated carbocycles. The molecule has 0 atom stereocenters. The van der Waals surface area contributed by atoms with Gasteiger partial charge in [0.05, 0.1) is 11.8 Å². The van der Waals surface area contributed by atoms with Gasteiger partial charge < -0.3 is 10.2 Å². The van der Waals surface area contributed by atoms with Crippen molar-refractivity contribution < 1.29 is 13.6 Å². The van der Waals surface area contributed by atoms with Crippen LogP contribution in [0, 0.1) is 28.9 Å². The Kier molecular flexibility index (Phi) is 7.21. The van der Waals surface area contributed by atoms with E-state index < -0.39 is 5.82 Å². The number of hydrogen-bond donors (Lipinski definition) is 1. The SMILES string of the molecule is N#CCC(=O)N[C@H]1CC[C@H](CCN2CCN(c3cc(F)ccc3F)CC2)CC1. The van der Waals surface area contributed by atoms with E-state index in [9.17, 15) is 13.6 Å². The van der Waals surface area contributed by atoms with Crippen LogP contribution in [0.5, 0.6) is 0 Å². The molecule has 28 heavy (non-hydrogen) atoms. The summed E-state index contributed by atoms with van der Waals surface area (Å²) in [6.07, 6.45) is 5.24. The molecule has 1 heterocycles. The van der Waals surface area contributed by atoms with Gasteiger partial charge in [-0.3, -0.25) is 9.69 Å². The highest BCUT2D eigenvalue weighted by Gasteiger charge is 2.24. The van der Waals surface area contributed by atoms with Crippen molar-refractivity contribution in [2.45, 2.75) is 44.6 Å². The Hall–Kier alpha value is -2.20. The molecule has 1 N–H and O–H groups in total. The van der Waals surface area contributed by atoms with Crippen molar-refractivity contribution in [3.05, 3.63) is 29.8 Å². The third kappa shape index (κ3) is 5.65. The molecule has 1 aromatic carbocycles. The maximum Gasteiger partial charge on any atom is 0.234 e. The number of hydrogen-bond acceptors (Lipinski definition) is 4. The third-order valence-electron chi connectivity index (χ3n) is 5.93. The Bertz CT molecular complexity index is 705. The Morgan fingerprint density at radius 3 is 2.54 bits per heavy atom. The molecule has 1 aromatic rings. The summed E-state index contributed by atoms with van der Waals surface area (Å²) in [6.45, 7) is 4.15. The van der Waals surface area contributed by atoms with Crippen molar-refractivity contribution in [3.8, 4) is 6.07 Å². The van der Waals surface area contributed by atoms with Crippen LogP contribution in [-0.4, -0.2) is 49.6 Å². The Morgan fingerprint density at radius 1 is 1.14 bits per heavy atom. The maximum atomic E-state index is 13.9. The molecule has 2 aliphatic rings. The maximum absolute atomic E-state index is 13.9. The summed E-state index contributed by atoms with van der Waals surface area (Å²) >= 11 is 0. The zero-order chi connectivity index (χ0) is 19.9. The summed E-state index contributed by atoms with van der Waals surface area (Å²) in [5.41, 5.74) is 0.358. The van der Waals surface area contributed by atoms with E-state index in [-0.39, 0.29) is 24.2 Å². The van der Waals surface area contributed by atoms with E-state index in [1.54, 1.807) is 0 Å². The Balaban J connectivity index is 1.36. The van der Waals surface area contributed by atoms with Crippen LogP contribution < -0.4 is 10.2 Å². The molecule has 1 amide bonds. The van der Waals surface area contributed by atoms with Gasteiger partial charge in [0, 0.05) is 38.3 Å². The molecule has 3 rings (SSSR count). The number of halogens is 2. The number of nitrogens with one attached hydrogen (secondary N) is 1. The number of carbonyl (C=O) groups is 1. The standard InChI is InChI=1S/C21H28F2N4O/c22-17-3-6-19(23)20(15-17)27-13-11-26(12-14-27)10-8-16-1-4-18(5-2-16)25-21(28)7-9-24/h3,6,15-16,18H,1-2,4-5,7-8,10-14H2,(H,25,28)/t16-,18-. The summed E-state index contributed by atoms with van der Waals surface area (Å²) < 4.78 is 27.3. The van der Waals surface area contributed by atoms with Gasteiger partial charge in [0.1, 0.15) is 18.1 Å². The van der Waals surface area contributed by atoms with Crippen molar-refractivity contribution in [2.24, 2.45) is 5.92 Å². The topological polar surface area (TPSA) is 59.4 Å². The van der Waals surface area contributed by atoms with E-state index in [1.807, 2.05) is 11.0 Å². The molecule has 5 nitrogen and oxygen atoms in total. The predicted octanol–water partition coefficient (Wildman–Crippen LogP) is 3.07. The minimum Gasteiger partial charge on any atom is -0.367 e. The average Bonchev–Trinajstić information content (AvgIpc) is 2.70. The molecule has 0 radical (unpaired) electrons. The second-order valence-electron chi connectivity index (χ2n) is 7.83. The molecule has 0 aromatic heterocycles. The number of anilines is 1. The molecule has 2 fully saturated rings. The number of amides is 1. The molecule has 1 aliphatic carbocycles. The van der Waals surface area contributed by atoms with Crippen LogP contribution in [0.1, 0.15) is 38.5 Å². The number of carbonyl (C=O) groups excluding carboxylic acids is 1. The molecular weight excluding hydrogens is 362 g/mol. The predicted molar refractivity (Wildman–Crippen MR) is 104 cm³/mol. The van der Waals surface area contributed by atoms with E-state index >= 15 is 0 Å². The summed E-state index contributed by atoms with van der Waals surface area (Å²) in [5.74, 6) is -0.270. The first-order valence-corrected chi connectivity index (χ1v) is 10.1. The van der Waals surface area contributed by atoms with E-state index in [1.165, 1.54) is 12.1 Å². The summed E-state index contributed by atoms with van der Waals surface area (Å²) in [5, 5.41) is 11.5. The second-order valence-corrected chi connectivity index (χ2v) is 7.83. The lowest BCUT2D eigenvalue weighted by Gasteiger charge is -2.37. The molecule has 1 saturated heterocycles. The first-order chi connectivity index (χ1) is 13.5. The van der Waals surface area contributed by atoms with E-state index in [0.29, 0.717) is 24.7 Å². The molecule has 1 aliphatic heterocycles. The zero-order valence-electron chi connectivity index (χ0n) is 16.2. The van der Waals surface area contributed by atoms with Crippen LogP contribution in [-0.2, 0) is 4.79 Å². The van der Waals surface area contributed by atoms with Gasteiger partial charge in [-0.25, -0.2) is 8.78 Å². The fraction of sp³-hybridized carbons (Fsp3) is 0.619. The molecular formula is C21H28F2N4O. The lowest BCUT2D eigenvalue weighted by atomic mass is 9.84. The molecule has 0 unspecified atom stereocenters. The molecule has 0 spiro atoms. The highest BCUT2D eigenvalue weighted by atomic mass is 19.1. The Morgan fingerprint density at radius 2 is 1.86 bits per heavy atom. The fourth-order valence-corrected chi connectivity index (χ4v) is 4.25. The quantitative estimate of drug-likeness (QED) is 0.811. The fourth-order valence-electron chi connectivity index (χ4n) is 4.25. The summed E-state index contributed by atoms with van der Waals surface area (Å²) in [4.78, 5) is 15.8. The van der Waals surface area contributed by atoms with Crippen molar-refractivity contribution in [2.75, 3.05) is 37.6 Å². The molecule has 152 valence electrons. The highest BCUT2D eigenvalue weighted by Crippen LogP contribution is 2.28. The van der Waals surface area contributed by atoms with Gasteiger partial charge in [0.2, 0.25) is 5.91 Å². The first-order valence-electron chi connectivity index (χ1n) is 10.1. The third-order valence-corrected chi connectivity index (χ3v) is 5.93. The number of benzene rings is 1. The van der Waals surface area contributed by atoms with Crippen LogP contribution in [0.3, 0.4) is 0 Å². The van der Waals surface area contributed by atoms with Crippen LogP contribution in [0.2, 0.25) is 0 Å². The van der Waals surface area contributed by atoms with Crippen molar-refractivity contribution >= 4 is 11.6 Å². The zero-order valence-corrected chi connectivity index (χ0v) is 16.2. The van der Waals surface area contributed by atoms with Gasteiger partial charge in [0.15, 0.2) is 0 Å². The highest BCUT2D eigenvalue weighted by molar-refractivity contribution is 5.78. The van der Waals surface area contributed by atoms with Crippen molar-refractivity contribution in [1.82, 2.24) is 10.2 Å². The van der Waals surface area contributed by atoms with E-state index in [4.69, 9.17) is 5.26 Å². The number of piperazine rings is 1. The second kappa shape index (κ2) is 9.83. The normalized spacial score (nSPS) is 23.2. The van der Waals surface area contributed by atoms with Crippen molar-refractivity contribution in [1.29, 1.82) is 5.26 Å². The Labute approximate surface area is 165 Å². The largest absolute Gasteiger partial charge is 0.367 e. The van der Waals surface area contributed by atoms with Crippen LogP contribution in [0.4, 0.5) is 14.5 Å². The smallest absolute Gasteiger partial charge is 0.234 e. The average molecular weight is 390 g/mol.